The molecule has 1 atom stereocenters. The molecular formula is C26H27N3O3. The number of aromatic nitrogens is 1. The normalized spacial score (nSPS) is 17.9. The van der Waals surface area contributed by atoms with E-state index in [4.69, 9.17) is 9.47 Å². The van der Waals surface area contributed by atoms with Crippen LogP contribution in [0, 0.1) is 0 Å². The fourth-order valence-electron chi connectivity index (χ4n) is 4.31. The van der Waals surface area contributed by atoms with Crippen molar-refractivity contribution in [3.63, 3.8) is 0 Å². The first kappa shape index (κ1) is 20.5. The van der Waals surface area contributed by atoms with E-state index in [1.807, 2.05) is 42.5 Å². The predicted molar refractivity (Wildman–Crippen MR) is 123 cm³/mol. The third-order valence-corrected chi connectivity index (χ3v) is 5.96. The van der Waals surface area contributed by atoms with Gasteiger partial charge >= 0.3 is 0 Å². The molecule has 1 unspecified atom stereocenters. The molecule has 1 fully saturated rings. The molecular weight excluding hydrogens is 402 g/mol. The van der Waals surface area contributed by atoms with Crippen LogP contribution in [-0.2, 0) is 11.2 Å². The lowest BCUT2D eigenvalue weighted by Gasteiger charge is -2.26. The molecule has 2 aliphatic rings. The number of ether oxygens (including phenoxy) is 2. The molecule has 1 aromatic heterocycles. The largest absolute Gasteiger partial charge is 0.485 e. The summed E-state index contributed by atoms with van der Waals surface area (Å²) in [5.74, 6) is 2.11. The summed E-state index contributed by atoms with van der Waals surface area (Å²) in [6.45, 7) is 2.43. The van der Waals surface area contributed by atoms with Crippen molar-refractivity contribution in [1.82, 2.24) is 9.88 Å². The van der Waals surface area contributed by atoms with Crippen molar-refractivity contribution in [3.05, 3.63) is 78.0 Å². The molecule has 164 valence electrons. The number of nitrogens with zero attached hydrogens (tertiary/aromatic N) is 2. The molecule has 1 saturated heterocycles. The third kappa shape index (κ3) is 4.92. The number of amides is 1. The Labute approximate surface area is 188 Å². The fraction of sp³-hybridized carbons (Fsp3) is 0.308. The number of carbonyl (C=O) groups excluding carboxylic acids is 1. The van der Waals surface area contributed by atoms with E-state index in [1.165, 1.54) is 18.4 Å². The van der Waals surface area contributed by atoms with E-state index < -0.39 is 0 Å². The molecule has 32 heavy (non-hydrogen) atoms. The molecule has 3 heterocycles. The first-order chi connectivity index (χ1) is 15.7. The van der Waals surface area contributed by atoms with Crippen LogP contribution in [0.4, 0.5) is 5.69 Å². The molecule has 0 saturated carbocycles. The van der Waals surface area contributed by atoms with Gasteiger partial charge in [-0.15, -0.1) is 0 Å². The Balaban J connectivity index is 1.18. The average molecular weight is 430 g/mol. The van der Waals surface area contributed by atoms with Gasteiger partial charge in [-0.3, -0.25) is 9.69 Å². The molecule has 1 N–H and O–H groups in total. The van der Waals surface area contributed by atoms with Gasteiger partial charge in [-0.1, -0.05) is 30.3 Å². The number of hydrogen-bond donors (Lipinski definition) is 1. The summed E-state index contributed by atoms with van der Waals surface area (Å²) in [5.41, 5.74) is 3.02. The van der Waals surface area contributed by atoms with Gasteiger partial charge in [-0.05, 0) is 74.2 Å². The quantitative estimate of drug-likeness (QED) is 0.599. The van der Waals surface area contributed by atoms with Gasteiger partial charge in [0.25, 0.3) is 0 Å². The second-order valence-corrected chi connectivity index (χ2v) is 8.34. The summed E-state index contributed by atoms with van der Waals surface area (Å²) in [6.07, 6.45) is 5.92. The van der Waals surface area contributed by atoms with Crippen LogP contribution in [0.3, 0.4) is 0 Å². The van der Waals surface area contributed by atoms with Crippen LogP contribution in [0.25, 0.3) is 0 Å². The van der Waals surface area contributed by atoms with Gasteiger partial charge in [0.1, 0.15) is 17.6 Å². The van der Waals surface area contributed by atoms with Gasteiger partial charge in [0.05, 0.1) is 18.4 Å². The van der Waals surface area contributed by atoms with E-state index in [9.17, 15) is 4.79 Å². The second-order valence-electron chi connectivity index (χ2n) is 8.34. The Morgan fingerprint density at radius 1 is 1.09 bits per heavy atom. The Kier molecular flexibility index (Phi) is 6.03. The number of carbonyl (C=O) groups is 1. The summed E-state index contributed by atoms with van der Waals surface area (Å²) < 4.78 is 12.1. The average Bonchev–Trinajstić information content (AvgIpc) is 3.33. The first-order valence-electron chi connectivity index (χ1n) is 11.2. The number of rotatable bonds is 6. The van der Waals surface area contributed by atoms with Gasteiger partial charge in [0.2, 0.25) is 11.8 Å². The van der Waals surface area contributed by atoms with Crippen molar-refractivity contribution < 1.29 is 14.3 Å². The Hall–Kier alpha value is -3.38. The highest BCUT2D eigenvalue weighted by atomic mass is 16.5. The van der Waals surface area contributed by atoms with Crippen LogP contribution >= 0.6 is 0 Å². The standard InChI is InChI=1S/C26H27N3O3/c30-25(18-29-14-4-5-15-29)28-21-9-13-26(27-17-21)31-22-10-12-24-20(16-22)8-11-23(32-24)19-6-2-1-3-7-19/h1-3,6-7,9-10,12-13,16-17,23H,4-5,8,11,14-15,18H2,(H,28,30). The molecule has 3 aromatic rings. The van der Waals surface area contributed by atoms with Gasteiger partial charge in [-0.25, -0.2) is 4.98 Å². The van der Waals surface area contributed by atoms with Crippen LogP contribution in [0.1, 0.15) is 36.5 Å². The zero-order chi connectivity index (χ0) is 21.8. The van der Waals surface area contributed by atoms with Crippen molar-refractivity contribution >= 4 is 11.6 Å². The van der Waals surface area contributed by atoms with Crippen molar-refractivity contribution in [1.29, 1.82) is 0 Å². The molecule has 6 heteroatoms. The maximum absolute atomic E-state index is 12.2. The van der Waals surface area contributed by atoms with E-state index in [2.05, 4.69) is 27.3 Å². The lowest BCUT2D eigenvalue weighted by molar-refractivity contribution is -0.117. The monoisotopic (exact) mass is 429 g/mol. The van der Waals surface area contributed by atoms with Gasteiger partial charge in [0.15, 0.2) is 0 Å². The SMILES string of the molecule is O=C(CN1CCCC1)Nc1ccc(Oc2ccc3c(c2)CCC(c2ccccc2)O3)nc1. The van der Waals surface area contributed by atoms with Crippen LogP contribution in [0.15, 0.2) is 66.9 Å². The van der Waals surface area contributed by atoms with Gasteiger partial charge < -0.3 is 14.8 Å². The number of pyridine rings is 1. The second kappa shape index (κ2) is 9.40. The molecule has 1 amide bonds. The van der Waals surface area contributed by atoms with Crippen molar-refractivity contribution in [2.75, 3.05) is 25.0 Å². The summed E-state index contributed by atoms with van der Waals surface area (Å²) in [4.78, 5) is 18.7. The minimum Gasteiger partial charge on any atom is -0.485 e. The zero-order valence-corrected chi connectivity index (χ0v) is 18.0. The van der Waals surface area contributed by atoms with E-state index >= 15 is 0 Å². The van der Waals surface area contributed by atoms with Gasteiger partial charge in [-0.2, -0.15) is 0 Å². The van der Waals surface area contributed by atoms with E-state index in [0.29, 0.717) is 18.1 Å². The molecule has 0 radical (unpaired) electrons. The molecule has 6 nitrogen and oxygen atoms in total. The number of aryl methyl sites for hydroxylation is 1. The van der Waals surface area contributed by atoms with Gasteiger partial charge in [0, 0.05) is 6.07 Å². The molecule has 0 aliphatic carbocycles. The Morgan fingerprint density at radius 2 is 1.94 bits per heavy atom. The number of anilines is 1. The number of nitrogens with one attached hydrogen (secondary N) is 1. The Morgan fingerprint density at radius 3 is 2.72 bits per heavy atom. The smallest absolute Gasteiger partial charge is 0.238 e. The molecule has 0 spiro atoms. The summed E-state index contributed by atoms with van der Waals surface area (Å²) >= 11 is 0. The zero-order valence-electron chi connectivity index (χ0n) is 18.0. The van der Waals surface area contributed by atoms with Crippen molar-refractivity contribution in [2.45, 2.75) is 31.8 Å². The maximum Gasteiger partial charge on any atom is 0.238 e. The highest BCUT2D eigenvalue weighted by Gasteiger charge is 2.21. The highest BCUT2D eigenvalue weighted by molar-refractivity contribution is 5.92. The number of benzene rings is 2. The topological polar surface area (TPSA) is 63.7 Å². The lowest BCUT2D eigenvalue weighted by Crippen LogP contribution is -2.30. The van der Waals surface area contributed by atoms with Crippen molar-refractivity contribution in [3.8, 4) is 17.4 Å². The summed E-state index contributed by atoms with van der Waals surface area (Å²) in [7, 11) is 0. The third-order valence-electron chi connectivity index (χ3n) is 5.96. The fourth-order valence-corrected chi connectivity index (χ4v) is 4.31. The highest BCUT2D eigenvalue weighted by Crippen LogP contribution is 2.37. The van der Waals surface area contributed by atoms with E-state index in [1.54, 1.807) is 12.3 Å². The van der Waals surface area contributed by atoms with E-state index in [-0.39, 0.29) is 12.0 Å². The van der Waals surface area contributed by atoms with Crippen molar-refractivity contribution in [2.24, 2.45) is 0 Å². The number of likely N-dealkylation sites (tertiary alicyclic amines) is 1. The minimum absolute atomic E-state index is 0.00846. The molecule has 0 bridgehead atoms. The predicted octanol–water partition coefficient (Wildman–Crippen LogP) is 4.97. The number of hydrogen-bond acceptors (Lipinski definition) is 5. The van der Waals surface area contributed by atoms with Crippen LogP contribution < -0.4 is 14.8 Å². The lowest BCUT2D eigenvalue weighted by atomic mass is 9.97. The van der Waals surface area contributed by atoms with Crippen LogP contribution in [0.2, 0.25) is 0 Å². The van der Waals surface area contributed by atoms with Crippen LogP contribution in [-0.4, -0.2) is 35.4 Å². The summed E-state index contributed by atoms with van der Waals surface area (Å²) in [6, 6.07) is 19.8. The Bertz CT molecular complexity index is 1060. The van der Waals surface area contributed by atoms with E-state index in [0.717, 1.165) is 43.0 Å². The molecule has 2 aliphatic heterocycles. The maximum atomic E-state index is 12.2. The van der Waals surface area contributed by atoms with Crippen LogP contribution in [0.5, 0.6) is 17.4 Å². The molecule has 2 aromatic carbocycles. The first-order valence-corrected chi connectivity index (χ1v) is 11.2. The number of fused-ring (bicyclic) bond motifs is 1. The molecule has 5 rings (SSSR count). The summed E-state index contributed by atoms with van der Waals surface area (Å²) in [5, 5.41) is 2.90. The minimum atomic E-state index is -0.00846.